The molecule has 0 nitrogen and oxygen atoms in total. The smallest absolute Gasteiger partial charge is 0.0549 e. The predicted molar refractivity (Wildman–Crippen MR) is 250 cm³/mol. The molecule has 0 aliphatic rings. The van der Waals surface area contributed by atoms with Crippen molar-refractivity contribution in [2.45, 2.75) is 0 Å². The first-order chi connectivity index (χ1) is 27.8. The minimum absolute atomic E-state index is 1.25. The molecule has 12 rings (SSSR count). The summed E-state index contributed by atoms with van der Waals surface area (Å²) in [5, 5.41) is 10.3. The van der Waals surface area contributed by atoms with Gasteiger partial charge in [-0.05, 0) is 69.1 Å². The Morgan fingerprint density at radius 3 is 1.00 bits per heavy atom. The van der Waals surface area contributed by atoms with Gasteiger partial charge in [0.05, 0.1) is 9.75 Å². The van der Waals surface area contributed by atoms with Crippen molar-refractivity contribution >= 4 is 107 Å². The fourth-order valence-electron chi connectivity index (χ4n) is 8.56. The molecule has 56 heavy (non-hydrogen) atoms. The molecule has 0 aliphatic carbocycles. The maximum atomic E-state index is 2.45. The van der Waals surface area contributed by atoms with Gasteiger partial charge in [-0.1, -0.05) is 146 Å². The van der Waals surface area contributed by atoms with Crippen molar-refractivity contribution in [1.29, 1.82) is 0 Å². The second-order valence-corrected chi connectivity index (χ2v) is 18.5. The Kier molecular flexibility index (Phi) is 7.42. The molecule has 0 saturated heterocycles. The molecule has 0 saturated carbocycles. The Bertz CT molecular complexity index is 3230. The Morgan fingerprint density at radius 2 is 0.571 bits per heavy atom. The van der Waals surface area contributed by atoms with Gasteiger partial charge >= 0.3 is 0 Å². The quantitative estimate of drug-likeness (QED) is 0.163. The van der Waals surface area contributed by atoms with Crippen LogP contribution < -0.4 is 0 Å². The lowest BCUT2D eigenvalue weighted by molar-refractivity contribution is 1.68. The van der Waals surface area contributed by atoms with Crippen LogP contribution in [0.15, 0.2) is 182 Å². The second-order valence-electron chi connectivity index (χ2n) is 14.3. The number of hydrogen-bond acceptors (Lipinski definition) is 4. The van der Waals surface area contributed by atoms with Crippen molar-refractivity contribution in [3.8, 4) is 52.9 Å². The summed E-state index contributed by atoms with van der Waals surface area (Å²) in [4.78, 5) is 5.36. The Balaban J connectivity index is 1.26. The zero-order valence-corrected chi connectivity index (χ0v) is 33.2. The molecule has 0 fully saturated rings. The minimum atomic E-state index is 1.25. The van der Waals surface area contributed by atoms with Crippen molar-refractivity contribution in [2.75, 3.05) is 0 Å². The van der Waals surface area contributed by atoms with Gasteiger partial charge in [0.25, 0.3) is 0 Å². The van der Waals surface area contributed by atoms with Crippen LogP contribution in [0.1, 0.15) is 0 Å². The molecule has 4 heteroatoms. The normalized spacial score (nSPS) is 11.9. The predicted octanol–water partition coefficient (Wildman–Crippen LogP) is 17.2. The summed E-state index contributed by atoms with van der Waals surface area (Å²) in [6, 6.07) is 67.4. The van der Waals surface area contributed by atoms with E-state index < -0.39 is 0 Å². The fraction of sp³-hybridized carbons (Fsp3) is 0. The molecule has 0 atom stereocenters. The fourth-order valence-corrected chi connectivity index (χ4v) is 13.9. The van der Waals surface area contributed by atoms with Crippen LogP contribution in [0.4, 0.5) is 0 Å². The number of fused-ring (bicyclic) bond motifs is 6. The highest BCUT2D eigenvalue weighted by atomic mass is 32.1. The largest absolute Gasteiger partial charge is 0.134 e. The van der Waals surface area contributed by atoms with E-state index in [1.807, 2.05) is 45.3 Å². The van der Waals surface area contributed by atoms with Gasteiger partial charge in [-0.25, -0.2) is 0 Å². The summed E-state index contributed by atoms with van der Waals surface area (Å²) in [6.07, 6.45) is 0. The molecule has 0 spiro atoms. The van der Waals surface area contributed by atoms with Crippen LogP contribution in [0.2, 0.25) is 0 Å². The highest BCUT2D eigenvalue weighted by Gasteiger charge is 2.29. The van der Waals surface area contributed by atoms with Crippen molar-refractivity contribution in [3.05, 3.63) is 182 Å². The van der Waals surface area contributed by atoms with Crippen LogP contribution in [0.3, 0.4) is 0 Å². The van der Waals surface area contributed by atoms with E-state index in [4.69, 9.17) is 0 Å². The third-order valence-electron chi connectivity index (χ3n) is 11.1. The van der Waals surface area contributed by atoms with Crippen LogP contribution >= 0.6 is 45.3 Å². The molecule has 0 aliphatic heterocycles. The third-order valence-corrected chi connectivity index (χ3v) is 15.9. The van der Waals surface area contributed by atoms with E-state index >= 15 is 0 Å². The molecule has 4 heterocycles. The first-order valence-corrected chi connectivity index (χ1v) is 22.1. The molecule has 8 aromatic carbocycles. The number of benzene rings is 8. The lowest BCUT2D eigenvalue weighted by Crippen LogP contribution is -1.85. The van der Waals surface area contributed by atoms with Crippen LogP contribution in [0.5, 0.6) is 0 Å². The maximum absolute atomic E-state index is 2.45. The molecule has 0 N–H and O–H groups in total. The van der Waals surface area contributed by atoms with Crippen molar-refractivity contribution < 1.29 is 0 Å². The highest BCUT2D eigenvalue weighted by Crippen LogP contribution is 2.59. The van der Waals surface area contributed by atoms with Crippen molar-refractivity contribution in [1.82, 2.24) is 0 Å². The van der Waals surface area contributed by atoms with E-state index in [0.29, 0.717) is 0 Å². The summed E-state index contributed by atoms with van der Waals surface area (Å²) >= 11 is 7.79. The van der Waals surface area contributed by atoms with Crippen LogP contribution in [-0.2, 0) is 0 Å². The topological polar surface area (TPSA) is 0 Å². The van der Waals surface area contributed by atoms with E-state index in [9.17, 15) is 0 Å². The van der Waals surface area contributed by atoms with Crippen molar-refractivity contribution in [3.63, 3.8) is 0 Å². The molecule has 0 unspecified atom stereocenters. The van der Waals surface area contributed by atoms with E-state index in [1.54, 1.807) is 0 Å². The van der Waals surface area contributed by atoms with Gasteiger partial charge in [0.2, 0.25) is 0 Å². The lowest BCUT2D eigenvalue weighted by atomic mass is 9.94. The molecule has 12 aromatic rings. The highest BCUT2D eigenvalue weighted by molar-refractivity contribution is 7.31. The third kappa shape index (κ3) is 5.00. The van der Waals surface area contributed by atoms with Crippen LogP contribution in [0, 0.1) is 0 Å². The standard InChI is InChI=1S/C52H30S4/c1-3-15-31(16-4-1)45-37-23-11-13-25-41(37)53-49(45)47-39-27-33-19-7-9-21-35(33)29-43(39)55-51(47)52-48(40-28-34-20-8-10-22-36(34)30-44(40)56-52)50-46(32-17-5-2-6-18-32)38-24-12-14-26-42(38)54-50/h1-30H. The first kappa shape index (κ1) is 32.4. The SMILES string of the molecule is c1ccc(-c2c(-c3c(-c4sc5cc6ccccc6cc5c4-c4sc5ccccc5c4-c4ccccc4)sc4cc5ccccc5cc34)sc3ccccc23)cc1. The maximum Gasteiger partial charge on any atom is 0.0549 e. The first-order valence-electron chi connectivity index (χ1n) is 18.8. The number of thiophene rings is 4. The molecular formula is C52H30S4. The zero-order chi connectivity index (χ0) is 36.7. The summed E-state index contributed by atoms with van der Waals surface area (Å²) < 4.78 is 5.26. The molecule has 0 amide bonds. The lowest BCUT2D eigenvalue weighted by Gasteiger charge is -2.11. The molecule has 0 radical (unpaired) electrons. The van der Waals surface area contributed by atoms with Crippen LogP contribution in [0.25, 0.3) is 115 Å². The van der Waals surface area contributed by atoms with Gasteiger partial charge in [-0.2, -0.15) is 0 Å². The monoisotopic (exact) mass is 782 g/mol. The molecule has 262 valence electrons. The molecule has 0 bridgehead atoms. The Labute approximate surface area is 339 Å². The van der Waals surface area contributed by atoms with Gasteiger partial charge < -0.3 is 0 Å². The Hall–Kier alpha value is -5.88. The summed E-state index contributed by atoms with van der Waals surface area (Å²) in [6.45, 7) is 0. The van der Waals surface area contributed by atoms with Gasteiger partial charge in [0.1, 0.15) is 0 Å². The summed E-state index contributed by atoms with van der Waals surface area (Å²) in [5.41, 5.74) is 7.83. The second kappa shape index (κ2) is 12.8. The van der Waals surface area contributed by atoms with Gasteiger partial charge in [-0.15, -0.1) is 45.3 Å². The van der Waals surface area contributed by atoms with E-state index in [0.717, 1.165) is 0 Å². The van der Waals surface area contributed by atoms with E-state index in [1.165, 1.54) is 115 Å². The average molecular weight is 783 g/mol. The summed E-state index contributed by atoms with van der Waals surface area (Å²) in [7, 11) is 0. The number of rotatable bonds is 5. The van der Waals surface area contributed by atoms with Crippen LogP contribution in [-0.4, -0.2) is 0 Å². The zero-order valence-electron chi connectivity index (χ0n) is 30.0. The van der Waals surface area contributed by atoms with Crippen molar-refractivity contribution in [2.24, 2.45) is 0 Å². The van der Waals surface area contributed by atoms with E-state index in [2.05, 4.69) is 182 Å². The molecular weight excluding hydrogens is 753 g/mol. The van der Waals surface area contributed by atoms with Gasteiger partial charge in [0.15, 0.2) is 0 Å². The Morgan fingerprint density at radius 1 is 0.232 bits per heavy atom. The average Bonchev–Trinajstić information content (AvgIpc) is 4.02. The molecule has 4 aromatic heterocycles. The minimum Gasteiger partial charge on any atom is -0.134 e. The number of hydrogen-bond donors (Lipinski definition) is 0. The summed E-state index contributed by atoms with van der Waals surface area (Å²) in [5.74, 6) is 0. The van der Waals surface area contributed by atoms with E-state index in [-0.39, 0.29) is 0 Å². The van der Waals surface area contributed by atoms with Gasteiger partial charge in [0, 0.05) is 72.4 Å². The van der Waals surface area contributed by atoms with Gasteiger partial charge in [-0.3, -0.25) is 0 Å².